The fraction of sp³-hybridized carbons (Fsp3) is 0.545. The third kappa shape index (κ3) is 2.45. The summed E-state index contributed by atoms with van der Waals surface area (Å²) in [6.45, 7) is 5.72. The van der Waals surface area contributed by atoms with Crippen LogP contribution < -0.4 is 10.0 Å². The number of nitrogens with two attached hydrogens (primary N) is 1. The van der Waals surface area contributed by atoms with E-state index in [0.717, 1.165) is 17.1 Å². The first kappa shape index (κ1) is 14.2. The highest BCUT2D eigenvalue weighted by molar-refractivity contribution is 7.86. The SMILES string of the molecule is Cc1nc2ncnn2c(N2CCN(S(N)(=O)=O)CC2)c1C. The van der Waals surface area contributed by atoms with Crippen LogP contribution in [0.15, 0.2) is 6.33 Å². The molecule has 0 atom stereocenters. The van der Waals surface area contributed by atoms with Crippen LogP contribution in [0.4, 0.5) is 5.82 Å². The molecule has 10 heteroatoms. The van der Waals surface area contributed by atoms with E-state index in [-0.39, 0.29) is 0 Å². The van der Waals surface area contributed by atoms with Crippen molar-refractivity contribution in [1.29, 1.82) is 0 Å². The molecule has 0 saturated carbocycles. The lowest BCUT2D eigenvalue weighted by molar-refractivity contribution is 0.383. The number of nitrogens with zero attached hydrogens (tertiary/aromatic N) is 6. The van der Waals surface area contributed by atoms with Gasteiger partial charge in [-0.1, -0.05) is 0 Å². The molecule has 1 saturated heterocycles. The minimum Gasteiger partial charge on any atom is -0.354 e. The van der Waals surface area contributed by atoms with Crippen molar-refractivity contribution in [2.45, 2.75) is 13.8 Å². The second-order valence-electron chi connectivity index (χ2n) is 5.05. The molecule has 21 heavy (non-hydrogen) atoms. The number of piperazine rings is 1. The number of anilines is 1. The summed E-state index contributed by atoms with van der Waals surface area (Å²) in [4.78, 5) is 10.6. The summed E-state index contributed by atoms with van der Waals surface area (Å²) < 4.78 is 25.7. The Morgan fingerprint density at radius 1 is 1.19 bits per heavy atom. The van der Waals surface area contributed by atoms with Crippen LogP contribution in [0, 0.1) is 13.8 Å². The number of hydrogen-bond acceptors (Lipinski definition) is 6. The molecule has 0 aliphatic carbocycles. The first-order chi connectivity index (χ1) is 9.88. The Bertz CT molecular complexity index is 777. The van der Waals surface area contributed by atoms with Crippen molar-refractivity contribution < 1.29 is 8.42 Å². The molecule has 0 spiro atoms. The van der Waals surface area contributed by atoms with Gasteiger partial charge in [0.2, 0.25) is 0 Å². The zero-order chi connectivity index (χ0) is 15.2. The van der Waals surface area contributed by atoms with Gasteiger partial charge in [-0.2, -0.15) is 27.3 Å². The molecule has 0 aromatic carbocycles. The Hall–Kier alpha value is -1.78. The fourth-order valence-electron chi connectivity index (χ4n) is 2.54. The van der Waals surface area contributed by atoms with E-state index in [1.165, 1.54) is 10.6 Å². The van der Waals surface area contributed by atoms with Crippen LogP contribution in [0.1, 0.15) is 11.3 Å². The molecule has 1 aliphatic heterocycles. The molecule has 0 amide bonds. The van der Waals surface area contributed by atoms with Crippen molar-refractivity contribution in [1.82, 2.24) is 23.9 Å². The zero-order valence-corrected chi connectivity index (χ0v) is 12.7. The van der Waals surface area contributed by atoms with Crippen LogP contribution in [0.3, 0.4) is 0 Å². The Labute approximate surface area is 122 Å². The van der Waals surface area contributed by atoms with Gasteiger partial charge in [0.1, 0.15) is 12.1 Å². The zero-order valence-electron chi connectivity index (χ0n) is 11.9. The van der Waals surface area contributed by atoms with Gasteiger partial charge in [-0.15, -0.1) is 0 Å². The highest BCUT2D eigenvalue weighted by Crippen LogP contribution is 2.23. The molecule has 2 aromatic rings. The summed E-state index contributed by atoms with van der Waals surface area (Å²) in [6, 6.07) is 0. The smallest absolute Gasteiger partial charge is 0.277 e. The van der Waals surface area contributed by atoms with Gasteiger partial charge in [0, 0.05) is 37.4 Å². The van der Waals surface area contributed by atoms with Crippen molar-refractivity contribution in [2.24, 2.45) is 5.14 Å². The second kappa shape index (κ2) is 4.90. The van der Waals surface area contributed by atoms with Crippen LogP contribution in [0.25, 0.3) is 5.78 Å². The molecule has 3 rings (SSSR count). The Kier molecular flexibility index (Phi) is 3.30. The maximum Gasteiger partial charge on any atom is 0.277 e. The molecule has 0 unspecified atom stereocenters. The van der Waals surface area contributed by atoms with Crippen molar-refractivity contribution in [2.75, 3.05) is 31.1 Å². The van der Waals surface area contributed by atoms with E-state index >= 15 is 0 Å². The normalized spacial score (nSPS) is 17.6. The predicted octanol–water partition coefficient (Wildman–Crippen LogP) is -0.933. The summed E-state index contributed by atoms with van der Waals surface area (Å²) in [5, 5.41) is 9.37. The molecule has 9 nitrogen and oxygen atoms in total. The lowest BCUT2D eigenvalue weighted by Gasteiger charge is -2.35. The topological polar surface area (TPSA) is 110 Å². The molecule has 1 aliphatic rings. The Morgan fingerprint density at radius 3 is 2.48 bits per heavy atom. The van der Waals surface area contributed by atoms with E-state index in [9.17, 15) is 8.42 Å². The van der Waals surface area contributed by atoms with Gasteiger partial charge in [-0.05, 0) is 13.8 Å². The average Bonchev–Trinajstić information content (AvgIpc) is 2.87. The first-order valence-electron chi connectivity index (χ1n) is 6.57. The maximum absolute atomic E-state index is 11.4. The third-order valence-corrected chi connectivity index (χ3v) is 4.86. The number of hydrogen-bond donors (Lipinski definition) is 1. The Morgan fingerprint density at radius 2 is 1.86 bits per heavy atom. The van der Waals surface area contributed by atoms with Crippen molar-refractivity contribution in [3.8, 4) is 0 Å². The van der Waals surface area contributed by atoms with Crippen molar-refractivity contribution in [3.63, 3.8) is 0 Å². The summed E-state index contributed by atoms with van der Waals surface area (Å²) in [5.41, 5.74) is 1.90. The summed E-state index contributed by atoms with van der Waals surface area (Å²) in [7, 11) is -3.62. The lowest BCUT2D eigenvalue weighted by atomic mass is 10.2. The molecule has 2 N–H and O–H groups in total. The number of rotatable bonds is 2. The summed E-state index contributed by atoms with van der Waals surface area (Å²) in [6.07, 6.45) is 1.46. The van der Waals surface area contributed by atoms with Gasteiger partial charge in [0.25, 0.3) is 16.0 Å². The highest BCUT2D eigenvalue weighted by atomic mass is 32.2. The van der Waals surface area contributed by atoms with Gasteiger partial charge >= 0.3 is 0 Å². The van der Waals surface area contributed by atoms with Gasteiger partial charge in [-0.25, -0.2) is 10.1 Å². The van der Waals surface area contributed by atoms with Crippen LogP contribution in [0.5, 0.6) is 0 Å². The van der Waals surface area contributed by atoms with Crippen LogP contribution in [-0.2, 0) is 10.2 Å². The van der Waals surface area contributed by atoms with E-state index in [1.54, 1.807) is 4.52 Å². The molecule has 114 valence electrons. The van der Waals surface area contributed by atoms with E-state index in [2.05, 4.69) is 20.0 Å². The maximum atomic E-state index is 11.4. The Balaban J connectivity index is 1.96. The number of fused-ring (bicyclic) bond motifs is 1. The summed E-state index contributed by atoms with van der Waals surface area (Å²) >= 11 is 0. The molecule has 3 heterocycles. The minimum absolute atomic E-state index is 0.357. The number of aromatic nitrogens is 4. The quantitative estimate of drug-likeness (QED) is 0.767. The lowest BCUT2D eigenvalue weighted by Crippen LogP contribution is -2.51. The van der Waals surface area contributed by atoms with E-state index in [0.29, 0.717) is 32.0 Å². The first-order valence-corrected chi connectivity index (χ1v) is 8.08. The second-order valence-corrected chi connectivity index (χ2v) is 6.60. The van der Waals surface area contributed by atoms with E-state index in [1.807, 2.05) is 13.8 Å². The summed E-state index contributed by atoms with van der Waals surface area (Å²) in [5.74, 6) is 1.45. The molecule has 0 radical (unpaired) electrons. The predicted molar refractivity (Wildman–Crippen MR) is 77.1 cm³/mol. The van der Waals surface area contributed by atoms with Gasteiger partial charge in [-0.3, -0.25) is 0 Å². The van der Waals surface area contributed by atoms with E-state index in [4.69, 9.17) is 5.14 Å². The van der Waals surface area contributed by atoms with Gasteiger partial charge in [0.05, 0.1) is 0 Å². The van der Waals surface area contributed by atoms with Gasteiger partial charge < -0.3 is 4.90 Å². The largest absolute Gasteiger partial charge is 0.354 e. The molecular weight excluding hydrogens is 294 g/mol. The van der Waals surface area contributed by atoms with Crippen LogP contribution >= 0.6 is 0 Å². The third-order valence-electron chi connectivity index (χ3n) is 3.77. The van der Waals surface area contributed by atoms with E-state index < -0.39 is 10.2 Å². The highest BCUT2D eigenvalue weighted by Gasteiger charge is 2.26. The minimum atomic E-state index is -3.62. The van der Waals surface area contributed by atoms with Crippen LogP contribution in [-0.4, -0.2) is 58.5 Å². The standard InChI is InChI=1S/C11H17N7O2S/c1-8-9(2)15-11-13-7-14-18(11)10(8)16-3-5-17(6-4-16)21(12,19)20/h7H,3-6H2,1-2H3,(H2,12,19,20). The van der Waals surface area contributed by atoms with Crippen molar-refractivity contribution >= 4 is 21.8 Å². The molecular formula is C11H17N7O2S. The van der Waals surface area contributed by atoms with Crippen molar-refractivity contribution in [3.05, 3.63) is 17.6 Å². The van der Waals surface area contributed by atoms with Gasteiger partial charge in [0.15, 0.2) is 0 Å². The molecule has 1 fully saturated rings. The number of aryl methyl sites for hydroxylation is 1. The van der Waals surface area contributed by atoms with Crippen LogP contribution in [0.2, 0.25) is 0 Å². The molecule has 0 bridgehead atoms. The molecule has 2 aromatic heterocycles. The monoisotopic (exact) mass is 311 g/mol. The average molecular weight is 311 g/mol. The fourth-order valence-corrected chi connectivity index (χ4v) is 3.21.